The normalized spacial score (nSPS) is 18.8. The number of ether oxygens (including phenoxy) is 2. The van der Waals surface area contributed by atoms with E-state index in [2.05, 4.69) is 10.6 Å². The van der Waals surface area contributed by atoms with Crippen LogP contribution in [0.2, 0.25) is 0 Å². The second kappa shape index (κ2) is 17.4. The van der Waals surface area contributed by atoms with Crippen molar-refractivity contribution in [2.24, 2.45) is 11.8 Å². The first-order chi connectivity index (χ1) is 17.5. The van der Waals surface area contributed by atoms with Crippen LogP contribution in [0.1, 0.15) is 60.3 Å². The van der Waals surface area contributed by atoms with E-state index in [1.165, 1.54) is 13.2 Å². The molecule has 1 heterocycles. The van der Waals surface area contributed by atoms with Crippen molar-refractivity contribution in [1.82, 2.24) is 10.6 Å². The summed E-state index contributed by atoms with van der Waals surface area (Å²) in [6.07, 6.45) is 18.8. The highest BCUT2D eigenvalue weighted by molar-refractivity contribution is 6.29. The second-order valence-electron chi connectivity index (χ2n) is 9.30. The van der Waals surface area contributed by atoms with Gasteiger partial charge in [-0.1, -0.05) is 74.4 Å². The average Bonchev–Trinajstić information content (AvgIpc) is 2.83. The van der Waals surface area contributed by atoms with Gasteiger partial charge in [-0.2, -0.15) is 0 Å². The summed E-state index contributed by atoms with van der Waals surface area (Å²) in [5.41, 5.74) is 0.968. The number of allylic oxidation sites excluding steroid dienone is 7. The van der Waals surface area contributed by atoms with E-state index < -0.39 is 12.0 Å². The van der Waals surface area contributed by atoms with Crippen molar-refractivity contribution in [2.45, 2.75) is 72.4 Å². The zero-order chi connectivity index (χ0) is 27.8. The van der Waals surface area contributed by atoms with E-state index in [0.717, 1.165) is 29.9 Å². The monoisotopic (exact) mass is 532 g/mol. The van der Waals surface area contributed by atoms with E-state index in [9.17, 15) is 14.4 Å². The molecule has 0 aromatic rings. The van der Waals surface area contributed by atoms with Gasteiger partial charge in [0.25, 0.3) is 0 Å². The van der Waals surface area contributed by atoms with Crippen molar-refractivity contribution in [1.29, 1.82) is 0 Å². The number of hydrogen-bond acceptors (Lipinski definition) is 5. The summed E-state index contributed by atoms with van der Waals surface area (Å²) in [5.74, 6) is -0.881. The molecule has 0 aromatic heterocycles. The molecule has 204 valence electrons. The smallest absolute Gasteiger partial charge is 0.373 e. The Kier molecular flexibility index (Phi) is 15.0. The standard InChI is InChI=1S/C29H41ClN2O5/c1-20(2)27(28(34)31-18-12-8-7-9-14-23(5)30)32-26(33)15-11-10-13-21(3)19-22(4)24-16-17-25(36-6)29(35)37-24/h10-15,17-20,22,24,27H,7-9,16H2,1-6H3,(H,31,34)(H,32,33)/b13-10-,15-11-,18-12-,21-19+,23-14+/t22-,24-,27-/m0/s1. The lowest BCUT2D eigenvalue weighted by Gasteiger charge is -2.25. The van der Waals surface area contributed by atoms with Gasteiger partial charge in [-0.3, -0.25) is 9.59 Å². The third-order valence-corrected chi connectivity index (χ3v) is 5.79. The van der Waals surface area contributed by atoms with E-state index in [-0.39, 0.29) is 35.5 Å². The largest absolute Gasteiger partial charge is 0.490 e. The van der Waals surface area contributed by atoms with Crippen molar-refractivity contribution in [3.05, 3.63) is 71.2 Å². The number of rotatable bonds is 14. The maximum Gasteiger partial charge on any atom is 0.373 e. The van der Waals surface area contributed by atoms with Gasteiger partial charge in [0, 0.05) is 23.4 Å². The predicted molar refractivity (Wildman–Crippen MR) is 148 cm³/mol. The van der Waals surface area contributed by atoms with E-state index in [0.29, 0.717) is 6.42 Å². The van der Waals surface area contributed by atoms with Crippen molar-refractivity contribution >= 4 is 29.4 Å². The molecule has 0 fully saturated rings. The molecule has 1 aliphatic rings. The number of cyclic esters (lactones) is 1. The topological polar surface area (TPSA) is 93.7 Å². The molecule has 37 heavy (non-hydrogen) atoms. The predicted octanol–water partition coefficient (Wildman–Crippen LogP) is 5.61. The van der Waals surface area contributed by atoms with Crippen LogP contribution in [0.3, 0.4) is 0 Å². The summed E-state index contributed by atoms with van der Waals surface area (Å²) in [6, 6.07) is -0.652. The van der Waals surface area contributed by atoms with Gasteiger partial charge in [-0.05, 0) is 51.3 Å². The van der Waals surface area contributed by atoms with Crippen LogP contribution < -0.4 is 10.6 Å². The van der Waals surface area contributed by atoms with Gasteiger partial charge in [0.1, 0.15) is 12.1 Å². The lowest BCUT2D eigenvalue weighted by molar-refractivity contribution is -0.151. The van der Waals surface area contributed by atoms with Crippen LogP contribution in [-0.4, -0.2) is 37.0 Å². The summed E-state index contributed by atoms with van der Waals surface area (Å²) >= 11 is 5.80. The second-order valence-corrected chi connectivity index (χ2v) is 9.90. The number of methoxy groups -OCH3 is 1. The molecule has 8 heteroatoms. The molecule has 0 unspecified atom stereocenters. The summed E-state index contributed by atoms with van der Waals surface area (Å²) < 4.78 is 10.4. The molecule has 0 aromatic carbocycles. The van der Waals surface area contributed by atoms with Gasteiger partial charge in [0.15, 0.2) is 5.76 Å². The van der Waals surface area contributed by atoms with Crippen LogP contribution in [0.4, 0.5) is 0 Å². The Bertz CT molecular complexity index is 955. The molecule has 0 spiro atoms. The molecule has 0 radical (unpaired) electrons. The SMILES string of the molecule is COC1=CC[C@@H]([C@@H](C)/C=C(C)/C=C\C=C/C(=O)N[C@H](C(=O)N/C=C\CCC/C=C(\C)Cl)C(C)C)OC1=O. The van der Waals surface area contributed by atoms with E-state index >= 15 is 0 Å². The zero-order valence-electron chi connectivity index (χ0n) is 22.8. The minimum Gasteiger partial charge on any atom is -0.490 e. The summed E-state index contributed by atoms with van der Waals surface area (Å²) in [5, 5.41) is 6.28. The fraction of sp³-hybridized carbons (Fsp3) is 0.483. The summed E-state index contributed by atoms with van der Waals surface area (Å²) in [7, 11) is 1.45. The van der Waals surface area contributed by atoms with E-state index in [1.54, 1.807) is 24.4 Å². The third-order valence-electron chi connectivity index (χ3n) is 5.64. The first-order valence-corrected chi connectivity index (χ1v) is 13.0. The van der Waals surface area contributed by atoms with Gasteiger partial charge in [0.2, 0.25) is 11.8 Å². The Hall–Kier alpha value is -3.06. The Morgan fingerprint density at radius 1 is 1.19 bits per heavy atom. The molecule has 0 saturated carbocycles. The molecule has 7 nitrogen and oxygen atoms in total. The molecule has 2 amide bonds. The molecule has 0 saturated heterocycles. The average molecular weight is 533 g/mol. The maximum atomic E-state index is 12.5. The number of carbonyl (C=O) groups is 3. The fourth-order valence-electron chi connectivity index (χ4n) is 3.55. The molecule has 1 rings (SSSR count). The van der Waals surface area contributed by atoms with Crippen LogP contribution in [0.15, 0.2) is 71.2 Å². The number of halogens is 1. The Morgan fingerprint density at radius 2 is 1.89 bits per heavy atom. The van der Waals surface area contributed by atoms with Crippen LogP contribution >= 0.6 is 11.6 Å². The van der Waals surface area contributed by atoms with E-state index in [4.69, 9.17) is 21.1 Å². The minimum atomic E-state index is -0.652. The van der Waals surface area contributed by atoms with E-state index in [1.807, 2.05) is 58.9 Å². The molecular formula is C29H41ClN2O5. The molecular weight excluding hydrogens is 492 g/mol. The number of carbonyl (C=O) groups excluding carboxylic acids is 3. The van der Waals surface area contributed by atoms with Gasteiger partial charge >= 0.3 is 5.97 Å². The number of unbranched alkanes of at least 4 members (excludes halogenated alkanes) is 2. The quantitative estimate of drug-likeness (QED) is 0.131. The molecule has 1 aliphatic heterocycles. The first-order valence-electron chi connectivity index (χ1n) is 12.6. The lowest BCUT2D eigenvalue weighted by atomic mass is 9.97. The third kappa shape index (κ3) is 13.2. The van der Waals surface area contributed by atoms with Gasteiger partial charge in [0.05, 0.1) is 7.11 Å². The zero-order valence-corrected chi connectivity index (χ0v) is 23.5. The van der Waals surface area contributed by atoms with Crippen molar-refractivity contribution in [3.63, 3.8) is 0 Å². The highest BCUT2D eigenvalue weighted by Crippen LogP contribution is 2.22. The van der Waals surface area contributed by atoms with Crippen LogP contribution in [0.25, 0.3) is 0 Å². The number of amides is 2. The molecule has 3 atom stereocenters. The van der Waals surface area contributed by atoms with Gasteiger partial charge in [-0.25, -0.2) is 4.79 Å². The highest BCUT2D eigenvalue weighted by Gasteiger charge is 2.27. The van der Waals surface area contributed by atoms with Crippen molar-refractivity contribution in [3.8, 4) is 0 Å². The number of hydrogen-bond donors (Lipinski definition) is 2. The Labute approximate surface area is 226 Å². The molecule has 2 N–H and O–H groups in total. The summed E-state index contributed by atoms with van der Waals surface area (Å²) in [6.45, 7) is 9.52. The Balaban J connectivity index is 2.53. The van der Waals surface area contributed by atoms with Crippen LogP contribution in [0.5, 0.6) is 0 Å². The Morgan fingerprint density at radius 3 is 2.51 bits per heavy atom. The number of nitrogens with one attached hydrogen (secondary N) is 2. The maximum absolute atomic E-state index is 12.5. The van der Waals surface area contributed by atoms with Crippen molar-refractivity contribution < 1.29 is 23.9 Å². The minimum absolute atomic E-state index is 0.0153. The van der Waals surface area contributed by atoms with Gasteiger partial charge in [-0.15, -0.1) is 0 Å². The molecule has 0 aliphatic carbocycles. The van der Waals surface area contributed by atoms with Crippen LogP contribution in [0, 0.1) is 11.8 Å². The van der Waals surface area contributed by atoms with Gasteiger partial charge < -0.3 is 20.1 Å². The first kappa shape index (κ1) is 32.0. The lowest BCUT2D eigenvalue weighted by Crippen LogP contribution is -2.48. The fourth-order valence-corrected chi connectivity index (χ4v) is 3.66. The summed E-state index contributed by atoms with van der Waals surface area (Å²) in [4.78, 5) is 36.7. The highest BCUT2D eigenvalue weighted by atomic mass is 35.5. The van der Waals surface area contributed by atoms with Crippen molar-refractivity contribution in [2.75, 3.05) is 7.11 Å². The number of esters is 1. The van der Waals surface area contributed by atoms with Crippen LogP contribution in [-0.2, 0) is 23.9 Å². The molecule has 0 bridgehead atoms.